The quantitative estimate of drug-likeness (QED) is 0.405. The first kappa shape index (κ1) is 27.2. The molecule has 0 bridgehead atoms. The average Bonchev–Trinajstić information content (AvgIpc) is 3.27. The predicted molar refractivity (Wildman–Crippen MR) is 134 cm³/mol. The zero-order valence-corrected chi connectivity index (χ0v) is 21.8. The molecule has 1 amide bonds. The molecule has 13 heteroatoms. The highest BCUT2D eigenvalue weighted by Gasteiger charge is 2.36. The molecule has 0 saturated carbocycles. The number of methoxy groups -OCH3 is 2. The van der Waals surface area contributed by atoms with E-state index in [1.807, 2.05) is 0 Å². The molecule has 4 rings (SSSR count). The van der Waals surface area contributed by atoms with Gasteiger partial charge < -0.3 is 25.1 Å². The monoisotopic (exact) mass is 573 g/mol. The summed E-state index contributed by atoms with van der Waals surface area (Å²) in [5, 5.41) is 0.257. The molecule has 0 atom stereocenters. The normalized spacial score (nSPS) is 13.0. The Balaban J connectivity index is 1.79. The van der Waals surface area contributed by atoms with Gasteiger partial charge in [-0.2, -0.15) is 13.2 Å². The van der Waals surface area contributed by atoms with Crippen LogP contribution in [0.25, 0.3) is 0 Å². The molecule has 37 heavy (non-hydrogen) atoms. The molecule has 0 fully saturated rings. The average molecular weight is 574 g/mol. The van der Waals surface area contributed by atoms with Gasteiger partial charge >= 0.3 is 6.18 Å². The topological polar surface area (TPSA) is 97.7 Å². The number of nitrogens with two attached hydrogens (primary N) is 1. The molecule has 0 radical (unpaired) electrons. The maximum atomic E-state index is 13.6. The molecule has 196 valence electrons. The minimum Gasteiger partial charge on any atom is -0.493 e. The second kappa shape index (κ2) is 10.5. The molecule has 0 aliphatic carbocycles. The van der Waals surface area contributed by atoms with Crippen LogP contribution in [0.15, 0.2) is 44.9 Å². The minimum atomic E-state index is -4.86. The highest BCUT2D eigenvalue weighted by atomic mass is 35.5. The van der Waals surface area contributed by atoms with Crippen molar-refractivity contribution in [3.05, 3.63) is 78.7 Å². The van der Waals surface area contributed by atoms with Gasteiger partial charge in [-0.25, -0.2) is 0 Å². The number of rotatable bonds is 6. The van der Waals surface area contributed by atoms with E-state index < -0.39 is 28.9 Å². The van der Waals surface area contributed by atoms with Crippen LogP contribution in [0, 0.1) is 0 Å². The van der Waals surface area contributed by atoms with Gasteiger partial charge in [0.15, 0.2) is 11.5 Å². The smallest absolute Gasteiger partial charge is 0.431 e. The molecule has 2 heterocycles. The zero-order valence-electron chi connectivity index (χ0n) is 19.5. The van der Waals surface area contributed by atoms with Gasteiger partial charge in [0.05, 0.1) is 24.3 Å². The van der Waals surface area contributed by atoms with Crippen LogP contribution in [0.3, 0.4) is 0 Å². The predicted octanol–water partition coefficient (Wildman–Crippen LogP) is 5.48. The molecule has 1 aromatic heterocycles. The molecule has 7 nitrogen and oxygen atoms in total. The molecule has 2 aromatic carbocycles. The molecule has 3 N–H and O–H groups in total. The van der Waals surface area contributed by atoms with Gasteiger partial charge in [-0.05, 0) is 41.0 Å². The van der Waals surface area contributed by atoms with E-state index in [-0.39, 0.29) is 39.5 Å². The number of benzene rings is 2. The number of aromatic nitrogens is 1. The number of alkyl halides is 3. The number of nitrogens with zero attached hydrogens (tertiary/aromatic N) is 1. The van der Waals surface area contributed by atoms with Crippen LogP contribution in [0.2, 0.25) is 10.0 Å². The van der Waals surface area contributed by atoms with E-state index >= 15 is 0 Å². The lowest BCUT2D eigenvalue weighted by Crippen LogP contribution is -2.32. The first-order valence-corrected chi connectivity index (χ1v) is 12.3. The van der Waals surface area contributed by atoms with Crippen molar-refractivity contribution in [2.24, 2.45) is 5.73 Å². The third-order valence-electron chi connectivity index (χ3n) is 5.79. The number of H-pyrrole nitrogens is 1. The van der Waals surface area contributed by atoms with Crippen molar-refractivity contribution in [3.63, 3.8) is 0 Å². The number of aromatic amines is 1. The lowest BCUT2D eigenvalue weighted by Gasteiger charge is -2.19. The third kappa shape index (κ3) is 5.26. The fourth-order valence-corrected chi connectivity index (χ4v) is 5.68. The van der Waals surface area contributed by atoms with Crippen molar-refractivity contribution in [2.75, 3.05) is 14.2 Å². The highest BCUT2D eigenvalue weighted by Crippen LogP contribution is 2.43. The summed E-state index contributed by atoms with van der Waals surface area (Å²) in [6, 6.07) is 7.22. The third-order valence-corrected chi connectivity index (χ3v) is 7.93. The van der Waals surface area contributed by atoms with Crippen molar-refractivity contribution >= 4 is 40.9 Å². The molecule has 0 unspecified atom stereocenters. The van der Waals surface area contributed by atoms with Crippen LogP contribution in [0.4, 0.5) is 13.2 Å². The number of carbonyl (C=O) groups excluding carboxylic acids is 1. The molecular formula is C24H20Cl2F3N3O4S. The highest BCUT2D eigenvalue weighted by molar-refractivity contribution is 7.99. The Kier molecular flexibility index (Phi) is 7.70. The van der Waals surface area contributed by atoms with E-state index in [1.165, 1.54) is 25.2 Å². The molecule has 0 spiro atoms. The molecular weight excluding hydrogens is 554 g/mol. The maximum Gasteiger partial charge on any atom is 0.431 e. The first-order valence-electron chi connectivity index (χ1n) is 10.7. The molecule has 3 aromatic rings. The van der Waals surface area contributed by atoms with Crippen molar-refractivity contribution in [1.82, 2.24) is 9.88 Å². The number of ether oxygens (including phenoxy) is 2. The largest absolute Gasteiger partial charge is 0.493 e. The van der Waals surface area contributed by atoms with Gasteiger partial charge in [-0.3, -0.25) is 9.59 Å². The molecule has 0 saturated heterocycles. The Hall–Kier alpha value is -2.86. The lowest BCUT2D eigenvalue weighted by atomic mass is 10.1. The second-order valence-electron chi connectivity index (χ2n) is 8.04. The second-order valence-corrected chi connectivity index (χ2v) is 9.88. The van der Waals surface area contributed by atoms with Crippen molar-refractivity contribution in [2.45, 2.75) is 35.6 Å². The Labute approximate surface area is 223 Å². The Morgan fingerprint density at radius 1 is 1.11 bits per heavy atom. The SMILES string of the molecule is COc1cc2c(cc1OC)CN(C(=O)c1c(Sc3c(Cl)ccc(CN)c3Cl)cc(C(F)(F)F)[nH]c1=O)C2. The summed E-state index contributed by atoms with van der Waals surface area (Å²) in [7, 11) is 2.95. The van der Waals surface area contributed by atoms with Crippen molar-refractivity contribution in [3.8, 4) is 11.5 Å². The van der Waals surface area contributed by atoms with Gasteiger partial charge in [-0.1, -0.05) is 41.0 Å². The minimum absolute atomic E-state index is 0.0531. The van der Waals surface area contributed by atoms with E-state index in [4.69, 9.17) is 38.4 Å². The number of amides is 1. The van der Waals surface area contributed by atoms with Gasteiger partial charge in [0, 0.05) is 29.4 Å². The van der Waals surface area contributed by atoms with Gasteiger partial charge in [-0.15, -0.1) is 0 Å². The maximum absolute atomic E-state index is 13.6. The number of carbonyl (C=O) groups is 1. The number of nitrogens with one attached hydrogen (secondary N) is 1. The zero-order chi connectivity index (χ0) is 27.1. The lowest BCUT2D eigenvalue weighted by molar-refractivity contribution is -0.141. The summed E-state index contributed by atoms with van der Waals surface area (Å²) in [4.78, 5) is 29.6. The van der Waals surface area contributed by atoms with Crippen LogP contribution >= 0.6 is 35.0 Å². The summed E-state index contributed by atoms with van der Waals surface area (Å²) in [5.74, 6) is 0.167. The van der Waals surface area contributed by atoms with E-state index in [0.717, 1.165) is 11.1 Å². The Morgan fingerprint density at radius 2 is 1.70 bits per heavy atom. The number of hydrogen-bond donors (Lipinski definition) is 2. The van der Waals surface area contributed by atoms with Crippen LogP contribution < -0.4 is 20.8 Å². The van der Waals surface area contributed by atoms with Crippen molar-refractivity contribution < 1.29 is 27.4 Å². The fourth-order valence-electron chi connectivity index (χ4n) is 3.93. The summed E-state index contributed by atoms with van der Waals surface area (Å²) in [5.41, 5.74) is 4.75. The van der Waals surface area contributed by atoms with E-state index in [1.54, 1.807) is 23.2 Å². The van der Waals surface area contributed by atoms with E-state index in [2.05, 4.69) is 0 Å². The Bertz CT molecular complexity index is 1410. The van der Waals surface area contributed by atoms with E-state index in [0.29, 0.717) is 34.9 Å². The summed E-state index contributed by atoms with van der Waals surface area (Å²) in [6.45, 7) is 0.282. The Morgan fingerprint density at radius 3 is 2.22 bits per heavy atom. The van der Waals surface area contributed by atoms with Crippen LogP contribution in [0.1, 0.15) is 32.7 Å². The van der Waals surface area contributed by atoms with Gasteiger partial charge in [0.2, 0.25) is 0 Å². The number of pyridine rings is 1. The summed E-state index contributed by atoms with van der Waals surface area (Å²) in [6.07, 6.45) is -4.86. The number of fused-ring (bicyclic) bond motifs is 1. The van der Waals surface area contributed by atoms with Crippen LogP contribution in [0.5, 0.6) is 11.5 Å². The van der Waals surface area contributed by atoms with Crippen LogP contribution in [-0.2, 0) is 25.8 Å². The standard InChI is InChI=1S/C24H20Cl2F3N3O4S/c1-35-15-5-12-9-32(10-13(12)6-16(15)36-2)23(34)19-17(7-18(24(27,28)29)31-22(19)33)37-21-14(25)4-3-11(8-30)20(21)26/h3-7H,8-10,30H2,1-2H3,(H,31,33). The van der Waals surface area contributed by atoms with E-state index in [9.17, 15) is 22.8 Å². The number of halogens is 5. The fraction of sp³-hybridized carbons (Fsp3) is 0.250. The van der Waals surface area contributed by atoms with Gasteiger partial charge in [0.25, 0.3) is 11.5 Å². The first-order chi connectivity index (χ1) is 17.5. The molecule has 1 aliphatic heterocycles. The number of hydrogen-bond acceptors (Lipinski definition) is 6. The molecule has 1 aliphatic rings. The summed E-state index contributed by atoms with van der Waals surface area (Å²) < 4.78 is 51.3. The summed E-state index contributed by atoms with van der Waals surface area (Å²) >= 11 is 13.4. The van der Waals surface area contributed by atoms with Crippen LogP contribution in [-0.4, -0.2) is 30.0 Å². The van der Waals surface area contributed by atoms with Crippen molar-refractivity contribution in [1.29, 1.82) is 0 Å². The van der Waals surface area contributed by atoms with Gasteiger partial charge in [0.1, 0.15) is 11.3 Å².